The smallest absolute Gasteiger partial charge is 0.241 e. The van der Waals surface area contributed by atoms with E-state index >= 15 is 0 Å². The van der Waals surface area contributed by atoms with Crippen LogP contribution in [-0.2, 0) is 14.8 Å². The maximum Gasteiger partial charge on any atom is 0.241 e. The number of ether oxygens (including phenoxy) is 2. The molecule has 1 aromatic carbocycles. The lowest BCUT2D eigenvalue weighted by Crippen LogP contribution is -2.45. The number of hydrogen-bond donors (Lipinski definition) is 1. The van der Waals surface area contributed by atoms with E-state index in [0.29, 0.717) is 29.0 Å². The highest BCUT2D eigenvalue weighted by Crippen LogP contribution is 2.44. The number of anilines is 1. The van der Waals surface area contributed by atoms with Crippen LogP contribution < -0.4 is 19.1 Å². The van der Waals surface area contributed by atoms with E-state index in [1.807, 2.05) is 0 Å². The van der Waals surface area contributed by atoms with Crippen molar-refractivity contribution in [2.45, 2.75) is 31.7 Å². The van der Waals surface area contributed by atoms with Gasteiger partial charge >= 0.3 is 0 Å². The van der Waals surface area contributed by atoms with Crippen molar-refractivity contribution in [1.82, 2.24) is 5.32 Å². The molecular formula is C18H26N2O5S. The zero-order valence-electron chi connectivity index (χ0n) is 15.4. The number of nitrogens with zero attached hydrogens (tertiary/aromatic N) is 1. The third-order valence-electron chi connectivity index (χ3n) is 5.43. The second-order valence-corrected chi connectivity index (χ2v) is 9.06. The molecule has 0 unspecified atom stereocenters. The van der Waals surface area contributed by atoms with Gasteiger partial charge in [-0.05, 0) is 43.2 Å². The summed E-state index contributed by atoms with van der Waals surface area (Å²) in [6.45, 7) is -0.248. The van der Waals surface area contributed by atoms with Crippen LogP contribution in [0.15, 0.2) is 18.2 Å². The Bertz CT molecular complexity index is 780. The van der Waals surface area contributed by atoms with Crippen LogP contribution in [0.25, 0.3) is 0 Å². The van der Waals surface area contributed by atoms with Gasteiger partial charge in [-0.3, -0.25) is 9.10 Å². The first-order chi connectivity index (χ1) is 12.3. The van der Waals surface area contributed by atoms with Gasteiger partial charge in [0.25, 0.3) is 0 Å². The van der Waals surface area contributed by atoms with Crippen molar-refractivity contribution in [3.8, 4) is 11.5 Å². The molecule has 3 rings (SSSR count). The van der Waals surface area contributed by atoms with E-state index in [1.165, 1.54) is 27.1 Å². The number of benzene rings is 1. The molecule has 2 aliphatic carbocycles. The summed E-state index contributed by atoms with van der Waals surface area (Å²) in [5.41, 5.74) is 0.369. The van der Waals surface area contributed by atoms with E-state index < -0.39 is 10.0 Å². The SMILES string of the molecule is COc1ccc(N(CC(=O)N[C@H]2C[C@H]3CC[C@H]2C3)S(C)(=O)=O)cc1OC. The van der Waals surface area contributed by atoms with Crippen LogP contribution >= 0.6 is 0 Å². The van der Waals surface area contributed by atoms with E-state index in [9.17, 15) is 13.2 Å². The molecule has 2 bridgehead atoms. The van der Waals surface area contributed by atoms with Gasteiger partial charge < -0.3 is 14.8 Å². The maximum absolute atomic E-state index is 12.5. The van der Waals surface area contributed by atoms with Crippen molar-refractivity contribution in [2.75, 3.05) is 31.3 Å². The third kappa shape index (κ3) is 3.90. The molecule has 3 atom stereocenters. The molecule has 0 aromatic heterocycles. The molecule has 144 valence electrons. The summed E-state index contributed by atoms with van der Waals surface area (Å²) in [4.78, 5) is 12.5. The minimum atomic E-state index is -3.63. The Kier molecular flexibility index (Phi) is 5.32. The number of fused-ring (bicyclic) bond motifs is 2. The number of rotatable bonds is 7. The molecule has 8 heteroatoms. The Labute approximate surface area is 154 Å². The normalized spacial score (nSPS) is 24.3. The third-order valence-corrected chi connectivity index (χ3v) is 6.57. The molecule has 2 fully saturated rings. The predicted molar refractivity (Wildman–Crippen MR) is 99.1 cm³/mol. The number of methoxy groups -OCH3 is 2. The standard InChI is InChI=1S/C18H26N2O5S/c1-24-16-7-6-14(10-17(16)25-2)20(26(3,22)23)11-18(21)19-15-9-12-4-5-13(15)8-12/h6-7,10,12-13,15H,4-5,8-9,11H2,1-3H3,(H,19,21)/t12-,13-,15-/m0/s1. The summed E-state index contributed by atoms with van der Waals surface area (Å²) in [7, 11) is -0.636. The predicted octanol–water partition coefficient (Wildman–Crippen LogP) is 1.77. The van der Waals surface area contributed by atoms with E-state index in [-0.39, 0.29) is 18.5 Å². The summed E-state index contributed by atoms with van der Waals surface area (Å²) >= 11 is 0. The molecule has 0 radical (unpaired) electrons. The maximum atomic E-state index is 12.5. The van der Waals surface area contributed by atoms with Crippen molar-refractivity contribution in [2.24, 2.45) is 11.8 Å². The fourth-order valence-corrected chi connectivity index (χ4v) is 5.03. The van der Waals surface area contributed by atoms with Crippen LogP contribution in [-0.4, -0.2) is 47.4 Å². The van der Waals surface area contributed by atoms with Crippen molar-refractivity contribution >= 4 is 21.6 Å². The average Bonchev–Trinajstić information content (AvgIpc) is 3.21. The zero-order valence-corrected chi connectivity index (χ0v) is 16.2. The Balaban J connectivity index is 1.75. The number of carbonyl (C=O) groups is 1. The van der Waals surface area contributed by atoms with E-state index in [4.69, 9.17) is 9.47 Å². The van der Waals surface area contributed by atoms with Crippen LogP contribution in [0.4, 0.5) is 5.69 Å². The Morgan fingerprint density at radius 3 is 2.46 bits per heavy atom. The summed E-state index contributed by atoms with van der Waals surface area (Å²) in [6.07, 6.45) is 5.68. The van der Waals surface area contributed by atoms with Gasteiger partial charge in [-0.25, -0.2) is 8.42 Å². The van der Waals surface area contributed by atoms with Gasteiger partial charge in [0.1, 0.15) is 6.54 Å². The van der Waals surface area contributed by atoms with Crippen molar-refractivity contribution in [3.63, 3.8) is 0 Å². The molecule has 2 aliphatic rings. The molecule has 2 saturated carbocycles. The highest BCUT2D eigenvalue weighted by atomic mass is 32.2. The minimum Gasteiger partial charge on any atom is -0.493 e. The molecule has 1 amide bonds. The lowest BCUT2D eigenvalue weighted by Gasteiger charge is -2.26. The number of amides is 1. The number of carbonyl (C=O) groups excluding carboxylic acids is 1. The molecule has 0 aliphatic heterocycles. The van der Waals surface area contributed by atoms with E-state index in [0.717, 1.165) is 23.4 Å². The average molecular weight is 382 g/mol. The topological polar surface area (TPSA) is 84.9 Å². The van der Waals surface area contributed by atoms with Gasteiger partial charge in [-0.1, -0.05) is 6.42 Å². The van der Waals surface area contributed by atoms with Gasteiger partial charge in [0.2, 0.25) is 15.9 Å². The Morgan fingerprint density at radius 1 is 1.19 bits per heavy atom. The highest BCUT2D eigenvalue weighted by molar-refractivity contribution is 7.92. The largest absolute Gasteiger partial charge is 0.493 e. The molecule has 7 nitrogen and oxygen atoms in total. The van der Waals surface area contributed by atoms with Gasteiger partial charge in [-0.15, -0.1) is 0 Å². The van der Waals surface area contributed by atoms with Crippen LogP contribution in [0.2, 0.25) is 0 Å². The van der Waals surface area contributed by atoms with Crippen LogP contribution in [0.3, 0.4) is 0 Å². The van der Waals surface area contributed by atoms with Crippen LogP contribution in [0.1, 0.15) is 25.7 Å². The lowest BCUT2D eigenvalue weighted by atomic mass is 9.95. The van der Waals surface area contributed by atoms with Crippen LogP contribution in [0, 0.1) is 11.8 Å². The summed E-state index contributed by atoms with van der Waals surface area (Å²) in [6, 6.07) is 4.96. The lowest BCUT2D eigenvalue weighted by molar-refractivity contribution is -0.120. The van der Waals surface area contributed by atoms with Crippen LogP contribution in [0.5, 0.6) is 11.5 Å². The van der Waals surface area contributed by atoms with Gasteiger partial charge in [-0.2, -0.15) is 0 Å². The molecule has 1 aromatic rings. The quantitative estimate of drug-likeness (QED) is 0.777. The van der Waals surface area contributed by atoms with Crippen molar-refractivity contribution < 1.29 is 22.7 Å². The molecule has 26 heavy (non-hydrogen) atoms. The second-order valence-electron chi connectivity index (χ2n) is 7.16. The molecular weight excluding hydrogens is 356 g/mol. The number of nitrogens with one attached hydrogen (secondary N) is 1. The fraction of sp³-hybridized carbons (Fsp3) is 0.611. The van der Waals surface area contributed by atoms with Crippen molar-refractivity contribution in [3.05, 3.63) is 18.2 Å². The van der Waals surface area contributed by atoms with Gasteiger partial charge in [0.15, 0.2) is 11.5 Å². The zero-order chi connectivity index (χ0) is 18.9. The summed E-state index contributed by atoms with van der Waals surface area (Å²) in [5, 5.41) is 3.03. The van der Waals surface area contributed by atoms with Gasteiger partial charge in [0, 0.05) is 12.1 Å². The second kappa shape index (κ2) is 7.34. The number of hydrogen-bond acceptors (Lipinski definition) is 5. The molecule has 0 heterocycles. The summed E-state index contributed by atoms with van der Waals surface area (Å²) < 4.78 is 36.0. The Morgan fingerprint density at radius 2 is 1.92 bits per heavy atom. The Hall–Kier alpha value is -1.96. The van der Waals surface area contributed by atoms with E-state index in [2.05, 4.69) is 5.32 Å². The first kappa shape index (κ1) is 18.8. The van der Waals surface area contributed by atoms with E-state index in [1.54, 1.807) is 18.2 Å². The summed E-state index contributed by atoms with van der Waals surface area (Å²) in [5.74, 6) is 1.88. The molecule has 0 saturated heterocycles. The minimum absolute atomic E-state index is 0.174. The highest BCUT2D eigenvalue weighted by Gasteiger charge is 2.40. The first-order valence-corrected chi connectivity index (χ1v) is 10.7. The fourth-order valence-electron chi connectivity index (χ4n) is 4.18. The van der Waals surface area contributed by atoms with Crippen molar-refractivity contribution in [1.29, 1.82) is 0 Å². The molecule has 1 N–H and O–H groups in total. The number of sulfonamides is 1. The monoisotopic (exact) mass is 382 g/mol. The molecule has 0 spiro atoms. The first-order valence-electron chi connectivity index (χ1n) is 8.81. The van der Waals surface area contributed by atoms with Gasteiger partial charge in [0.05, 0.1) is 26.2 Å².